The number of rotatable bonds is 8. The van der Waals surface area contributed by atoms with Crippen molar-refractivity contribution in [3.8, 4) is 5.75 Å². The quantitative estimate of drug-likeness (QED) is 0.770. The summed E-state index contributed by atoms with van der Waals surface area (Å²) in [5, 5.41) is 3.58. The Morgan fingerprint density at radius 1 is 1.22 bits per heavy atom. The fraction of sp³-hybridized carbons (Fsp3) is 0.600. The van der Waals surface area contributed by atoms with Gasteiger partial charge < -0.3 is 14.8 Å². The Labute approximate surface area is 110 Å². The van der Waals surface area contributed by atoms with Crippen molar-refractivity contribution in [3.63, 3.8) is 0 Å². The van der Waals surface area contributed by atoms with Crippen molar-refractivity contribution >= 4 is 0 Å². The fourth-order valence-electron chi connectivity index (χ4n) is 2.12. The monoisotopic (exact) mass is 251 g/mol. The Morgan fingerprint density at radius 3 is 2.56 bits per heavy atom. The van der Waals surface area contributed by atoms with Gasteiger partial charge >= 0.3 is 0 Å². The van der Waals surface area contributed by atoms with Crippen molar-refractivity contribution in [2.75, 3.05) is 27.4 Å². The molecule has 1 rings (SSSR count). The van der Waals surface area contributed by atoms with Crippen molar-refractivity contribution < 1.29 is 9.47 Å². The van der Waals surface area contributed by atoms with Crippen LogP contribution in [0.25, 0.3) is 0 Å². The van der Waals surface area contributed by atoms with Crippen LogP contribution in [0.2, 0.25) is 0 Å². The van der Waals surface area contributed by atoms with E-state index in [9.17, 15) is 0 Å². The van der Waals surface area contributed by atoms with Gasteiger partial charge in [0, 0.05) is 31.9 Å². The van der Waals surface area contributed by atoms with Crippen LogP contribution in [0.5, 0.6) is 5.75 Å². The van der Waals surface area contributed by atoms with Crippen LogP contribution in [-0.2, 0) is 4.74 Å². The molecular weight excluding hydrogens is 226 g/mol. The van der Waals surface area contributed by atoms with E-state index in [0.29, 0.717) is 12.0 Å². The molecule has 18 heavy (non-hydrogen) atoms. The summed E-state index contributed by atoms with van der Waals surface area (Å²) in [5.41, 5.74) is 1.23. The molecule has 3 heteroatoms. The average molecular weight is 251 g/mol. The molecule has 3 nitrogen and oxygen atoms in total. The van der Waals surface area contributed by atoms with Gasteiger partial charge in [-0.1, -0.05) is 32.0 Å². The predicted octanol–water partition coefficient (Wildman–Crippen LogP) is 3.02. The summed E-state index contributed by atoms with van der Waals surface area (Å²) in [6, 6.07) is 8.53. The zero-order chi connectivity index (χ0) is 13.4. The van der Waals surface area contributed by atoms with Crippen molar-refractivity contribution in [1.82, 2.24) is 5.32 Å². The van der Waals surface area contributed by atoms with Gasteiger partial charge in [0.1, 0.15) is 5.75 Å². The Morgan fingerprint density at radius 2 is 1.94 bits per heavy atom. The first-order valence-corrected chi connectivity index (χ1v) is 6.58. The van der Waals surface area contributed by atoms with E-state index in [1.165, 1.54) is 5.56 Å². The number of ether oxygens (including phenoxy) is 2. The minimum absolute atomic E-state index is 0.334. The Balaban J connectivity index is 2.65. The second-order valence-corrected chi connectivity index (χ2v) is 4.67. The lowest BCUT2D eigenvalue weighted by Crippen LogP contribution is -2.28. The number of nitrogens with one attached hydrogen (secondary N) is 1. The summed E-state index contributed by atoms with van der Waals surface area (Å²) in [5.74, 6) is 1.47. The molecule has 102 valence electrons. The van der Waals surface area contributed by atoms with Crippen molar-refractivity contribution in [1.29, 1.82) is 0 Å². The van der Waals surface area contributed by atoms with Crippen LogP contribution in [0.4, 0.5) is 0 Å². The molecule has 0 aromatic heterocycles. The van der Waals surface area contributed by atoms with Gasteiger partial charge in [0.15, 0.2) is 0 Å². The molecule has 0 aliphatic carbocycles. The molecule has 0 amide bonds. The number of hydrogen-bond donors (Lipinski definition) is 1. The molecule has 2 atom stereocenters. The third-order valence-corrected chi connectivity index (χ3v) is 3.09. The van der Waals surface area contributed by atoms with E-state index in [1.54, 1.807) is 14.2 Å². The Hall–Kier alpha value is -1.06. The zero-order valence-electron chi connectivity index (χ0n) is 11.9. The molecule has 0 radical (unpaired) electrons. The van der Waals surface area contributed by atoms with E-state index >= 15 is 0 Å². The lowest BCUT2D eigenvalue weighted by atomic mass is 10.0. The summed E-state index contributed by atoms with van der Waals surface area (Å²) in [6.07, 6.45) is 1.04. The minimum atomic E-state index is 0.334. The molecule has 1 aromatic rings. The lowest BCUT2D eigenvalue weighted by Gasteiger charge is -2.22. The first kappa shape index (κ1) is 15.0. The highest BCUT2D eigenvalue weighted by Gasteiger charge is 2.14. The summed E-state index contributed by atoms with van der Waals surface area (Å²) in [4.78, 5) is 0. The Bertz CT molecular complexity index is 341. The molecule has 0 aliphatic heterocycles. The number of methoxy groups -OCH3 is 2. The SMILES string of the molecule is CCC(NCC(C)COC)c1ccccc1OC. The van der Waals surface area contributed by atoms with Crippen LogP contribution in [0.15, 0.2) is 24.3 Å². The third kappa shape index (κ3) is 4.31. The largest absolute Gasteiger partial charge is 0.496 e. The van der Waals surface area contributed by atoms with Crippen LogP contribution in [0.1, 0.15) is 31.9 Å². The van der Waals surface area contributed by atoms with E-state index in [4.69, 9.17) is 9.47 Å². The van der Waals surface area contributed by atoms with Crippen LogP contribution < -0.4 is 10.1 Å². The molecule has 1 N–H and O–H groups in total. The molecule has 0 saturated carbocycles. The summed E-state index contributed by atoms with van der Waals surface area (Å²) in [7, 11) is 3.47. The summed E-state index contributed by atoms with van der Waals surface area (Å²) in [6.45, 7) is 6.11. The van der Waals surface area contributed by atoms with Gasteiger partial charge in [0.05, 0.1) is 7.11 Å². The first-order chi connectivity index (χ1) is 8.72. The van der Waals surface area contributed by atoms with Gasteiger partial charge in [-0.2, -0.15) is 0 Å². The number of benzene rings is 1. The molecule has 0 aliphatic rings. The van der Waals surface area contributed by atoms with Crippen LogP contribution >= 0.6 is 0 Å². The van der Waals surface area contributed by atoms with Crippen molar-refractivity contribution in [2.45, 2.75) is 26.3 Å². The van der Waals surface area contributed by atoms with E-state index in [0.717, 1.165) is 25.3 Å². The number of para-hydroxylation sites is 1. The van der Waals surface area contributed by atoms with Gasteiger partial charge in [0.25, 0.3) is 0 Å². The van der Waals surface area contributed by atoms with Crippen LogP contribution in [0, 0.1) is 5.92 Å². The normalized spacial score (nSPS) is 14.2. The van der Waals surface area contributed by atoms with Gasteiger partial charge in [-0.15, -0.1) is 0 Å². The van der Waals surface area contributed by atoms with Crippen LogP contribution in [0.3, 0.4) is 0 Å². The average Bonchev–Trinajstić information content (AvgIpc) is 2.40. The van der Waals surface area contributed by atoms with E-state index in [1.807, 2.05) is 12.1 Å². The molecular formula is C15H25NO2. The summed E-state index contributed by atoms with van der Waals surface area (Å²) >= 11 is 0. The van der Waals surface area contributed by atoms with Crippen molar-refractivity contribution in [3.05, 3.63) is 29.8 Å². The van der Waals surface area contributed by atoms with Gasteiger partial charge in [0.2, 0.25) is 0 Å². The maximum atomic E-state index is 5.42. The zero-order valence-corrected chi connectivity index (χ0v) is 11.9. The van der Waals surface area contributed by atoms with E-state index in [-0.39, 0.29) is 0 Å². The van der Waals surface area contributed by atoms with E-state index < -0.39 is 0 Å². The molecule has 0 bridgehead atoms. The number of hydrogen-bond acceptors (Lipinski definition) is 3. The van der Waals surface area contributed by atoms with Crippen LogP contribution in [-0.4, -0.2) is 27.4 Å². The topological polar surface area (TPSA) is 30.5 Å². The summed E-state index contributed by atoms with van der Waals surface area (Å²) < 4.78 is 10.6. The van der Waals surface area contributed by atoms with Gasteiger partial charge in [-0.05, 0) is 18.4 Å². The highest BCUT2D eigenvalue weighted by atomic mass is 16.5. The molecule has 0 heterocycles. The molecule has 0 spiro atoms. The minimum Gasteiger partial charge on any atom is -0.496 e. The molecule has 0 fully saturated rings. The maximum Gasteiger partial charge on any atom is 0.123 e. The predicted molar refractivity (Wildman–Crippen MR) is 75.1 cm³/mol. The molecule has 0 saturated heterocycles. The van der Waals surface area contributed by atoms with Gasteiger partial charge in [-0.3, -0.25) is 0 Å². The van der Waals surface area contributed by atoms with E-state index in [2.05, 4.69) is 31.3 Å². The second-order valence-electron chi connectivity index (χ2n) is 4.67. The third-order valence-electron chi connectivity index (χ3n) is 3.09. The fourth-order valence-corrected chi connectivity index (χ4v) is 2.12. The smallest absolute Gasteiger partial charge is 0.123 e. The first-order valence-electron chi connectivity index (χ1n) is 6.58. The lowest BCUT2D eigenvalue weighted by molar-refractivity contribution is 0.156. The maximum absolute atomic E-state index is 5.42. The Kier molecular flexibility index (Phi) is 6.76. The van der Waals surface area contributed by atoms with Crippen molar-refractivity contribution in [2.24, 2.45) is 5.92 Å². The standard InChI is InChI=1S/C15H25NO2/c1-5-14(16-10-12(2)11-17-3)13-8-6-7-9-15(13)18-4/h6-9,12,14,16H,5,10-11H2,1-4H3. The highest BCUT2D eigenvalue weighted by Crippen LogP contribution is 2.26. The van der Waals surface area contributed by atoms with Gasteiger partial charge in [-0.25, -0.2) is 0 Å². The highest BCUT2D eigenvalue weighted by molar-refractivity contribution is 5.35. The molecule has 2 unspecified atom stereocenters. The second kappa shape index (κ2) is 8.11. The molecule has 1 aromatic carbocycles.